The van der Waals surface area contributed by atoms with Gasteiger partial charge < -0.3 is 30.0 Å². The zero-order chi connectivity index (χ0) is 24.3. The van der Waals surface area contributed by atoms with Crippen molar-refractivity contribution in [3.63, 3.8) is 0 Å². The van der Waals surface area contributed by atoms with Crippen molar-refractivity contribution < 1.29 is 38.5 Å². The zero-order valence-electron chi connectivity index (χ0n) is 19.5. The molecule has 1 spiro atoms. The maximum absolute atomic E-state index is 11.7. The number of hydrogen-bond donors (Lipinski definition) is 3. The minimum absolute atomic E-state index is 0.102. The second-order valence-electron chi connectivity index (χ2n) is 9.03. The van der Waals surface area contributed by atoms with E-state index in [0.717, 1.165) is 31.3 Å². The summed E-state index contributed by atoms with van der Waals surface area (Å²) >= 11 is 1.09. The third-order valence-corrected chi connectivity index (χ3v) is 6.40. The van der Waals surface area contributed by atoms with E-state index in [1.807, 2.05) is 0 Å². The van der Waals surface area contributed by atoms with Crippen LogP contribution in [0.15, 0.2) is 0 Å². The van der Waals surface area contributed by atoms with Crippen LogP contribution in [0.3, 0.4) is 0 Å². The number of rotatable bonds is 14. The first kappa shape index (κ1) is 27.7. The summed E-state index contributed by atoms with van der Waals surface area (Å²) in [6.45, 7) is 7.41. The van der Waals surface area contributed by atoms with Crippen molar-refractivity contribution in [3.8, 4) is 0 Å². The Labute approximate surface area is 198 Å². The summed E-state index contributed by atoms with van der Waals surface area (Å²) in [5.41, 5.74) is -0.209. The molecule has 0 amide bonds. The second kappa shape index (κ2) is 13.4. The predicted octanol–water partition coefficient (Wildman–Crippen LogP) is 1.46. The molecule has 0 bridgehead atoms. The van der Waals surface area contributed by atoms with Gasteiger partial charge in [0.25, 0.3) is 0 Å². The Morgan fingerprint density at radius 2 is 1.91 bits per heavy atom. The first-order valence-electron chi connectivity index (χ1n) is 11.5. The molecule has 2 aliphatic heterocycles. The quantitative estimate of drug-likeness (QED) is 0.186. The van der Waals surface area contributed by atoms with Crippen molar-refractivity contribution in [2.24, 2.45) is 5.41 Å². The maximum Gasteiger partial charge on any atom is 0.329 e. The van der Waals surface area contributed by atoms with E-state index in [4.69, 9.17) is 19.3 Å². The number of hydrogen-bond acceptors (Lipinski definition) is 10. The molecule has 2 aliphatic rings. The molecule has 2 saturated heterocycles. The largest absolute Gasteiger partial charge is 0.481 e. The molecule has 2 rings (SSSR count). The van der Waals surface area contributed by atoms with Crippen LogP contribution in [-0.4, -0.2) is 78.6 Å². The van der Waals surface area contributed by atoms with Crippen LogP contribution >= 0.6 is 11.8 Å². The van der Waals surface area contributed by atoms with Gasteiger partial charge in [0.15, 0.2) is 5.12 Å². The molecule has 1 unspecified atom stereocenters. The Morgan fingerprint density at radius 3 is 2.64 bits per heavy atom. The number of Topliss-reactive ketones (excluding diaryl/α,β-unsaturated/α-hetero) is 1. The highest BCUT2D eigenvalue weighted by Crippen LogP contribution is 2.40. The molecule has 2 atom stereocenters. The molecule has 3 N–H and O–H groups in total. The van der Waals surface area contributed by atoms with Crippen LogP contribution in [0, 0.1) is 5.41 Å². The third kappa shape index (κ3) is 10.1. The number of thioether (sulfide) groups is 1. The number of aliphatic carboxylic acids is 1. The van der Waals surface area contributed by atoms with E-state index >= 15 is 0 Å². The highest BCUT2D eigenvalue weighted by atomic mass is 32.2. The molecule has 0 aliphatic carbocycles. The second-order valence-corrected chi connectivity index (χ2v) is 10.2. The van der Waals surface area contributed by atoms with Gasteiger partial charge in [0.2, 0.25) is 0 Å². The van der Waals surface area contributed by atoms with Crippen LogP contribution < -0.4 is 10.6 Å². The normalized spacial score (nSPS) is 24.4. The number of esters is 1. The van der Waals surface area contributed by atoms with Crippen molar-refractivity contribution in [1.29, 1.82) is 0 Å². The van der Waals surface area contributed by atoms with E-state index in [2.05, 4.69) is 24.5 Å². The van der Waals surface area contributed by atoms with Crippen LogP contribution in [0.4, 0.5) is 0 Å². The van der Waals surface area contributed by atoms with Gasteiger partial charge in [0.1, 0.15) is 5.78 Å². The molecular weight excluding hydrogens is 452 g/mol. The molecule has 2 fully saturated rings. The number of nitrogens with one attached hydrogen (secondary N) is 2. The van der Waals surface area contributed by atoms with Gasteiger partial charge in [-0.3, -0.25) is 19.2 Å². The van der Waals surface area contributed by atoms with Gasteiger partial charge in [0.05, 0.1) is 25.6 Å². The number of carboxylic acid groups (broad SMARTS) is 1. The number of carboxylic acids is 1. The first-order chi connectivity index (χ1) is 15.6. The minimum Gasteiger partial charge on any atom is -0.481 e. The highest BCUT2D eigenvalue weighted by molar-refractivity contribution is 8.13. The molecule has 11 heteroatoms. The molecule has 2 heterocycles. The smallest absolute Gasteiger partial charge is 0.329 e. The monoisotopic (exact) mass is 488 g/mol. The van der Waals surface area contributed by atoms with Crippen molar-refractivity contribution in [2.45, 2.75) is 70.9 Å². The highest BCUT2D eigenvalue weighted by Gasteiger charge is 2.50. The molecular formula is C22H36N2O8S. The van der Waals surface area contributed by atoms with Gasteiger partial charge in [-0.2, -0.15) is 0 Å². The SMILES string of the molecule is CC1(C)COC2(CCCC(=O)O2)O[C@H]1CNCCCNCCSC(=O)CC(=O)CCC(=O)O. The van der Waals surface area contributed by atoms with Crippen LogP contribution in [0.5, 0.6) is 0 Å². The lowest BCUT2D eigenvalue weighted by molar-refractivity contribution is -0.427. The standard InChI is InChI=1S/C22H36N2O8S/c1-21(2)15-30-22(8-3-5-19(28)32-22)31-17(21)14-24-10-4-9-23-11-12-33-20(29)13-16(25)6-7-18(26)27/h17,23-24H,3-15H2,1-2H3,(H,26,27)/t17-,22?/m0/s1. The molecule has 33 heavy (non-hydrogen) atoms. The lowest BCUT2D eigenvalue weighted by Gasteiger charge is -2.48. The molecule has 0 saturated carbocycles. The van der Waals surface area contributed by atoms with Gasteiger partial charge in [-0.1, -0.05) is 25.6 Å². The van der Waals surface area contributed by atoms with E-state index in [0.29, 0.717) is 44.7 Å². The topological polar surface area (TPSA) is 140 Å². The van der Waals surface area contributed by atoms with Crippen LogP contribution in [0.25, 0.3) is 0 Å². The fraction of sp³-hybridized carbons (Fsp3) is 0.818. The van der Waals surface area contributed by atoms with Gasteiger partial charge in [0, 0.05) is 43.5 Å². The van der Waals surface area contributed by atoms with Crippen molar-refractivity contribution >= 4 is 34.6 Å². The Hall–Kier alpha value is -1.53. The van der Waals surface area contributed by atoms with Gasteiger partial charge in [-0.05, 0) is 25.9 Å². The van der Waals surface area contributed by atoms with E-state index < -0.39 is 11.9 Å². The van der Waals surface area contributed by atoms with E-state index in [-0.39, 0.29) is 47.6 Å². The average molecular weight is 489 g/mol. The molecule has 0 aromatic carbocycles. The fourth-order valence-corrected chi connectivity index (χ4v) is 4.24. The van der Waals surface area contributed by atoms with Crippen LogP contribution in [0.1, 0.15) is 58.8 Å². The summed E-state index contributed by atoms with van der Waals surface area (Å²) in [6, 6.07) is 0. The molecule has 0 radical (unpaired) electrons. The van der Waals surface area contributed by atoms with Gasteiger partial charge in [-0.15, -0.1) is 0 Å². The number of ketones is 1. The molecule has 0 aromatic heterocycles. The van der Waals surface area contributed by atoms with Crippen molar-refractivity contribution in [3.05, 3.63) is 0 Å². The zero-order valence-corrected chi connectivity index (χ0v) is 20.3. The number of carbonyl (C=O) groups excluding carboxylic acids is 3. The predicted molar refractivity (Wildman–Crippen MR) is 122 cm³/mol. The summed E-state index contributed by atoms with van der Waals surface area (Å²) in [7, 11) is 0. The van der Waals surface area contributed by atoms with Crippen molar-refractivity contribution in [2.75, 3.05) is 38.5 Å². The Balaban J connectivity index is 1.53. The number of carbonyl (C=O) groups is 4. The van der Waals surface area contributed by atoms with Crippen LogP contribution in [-0.2, 0) is 33.4 Å². The minimum atomic E-state index is -1.24. The molecule has 0 aromatic rings. The summed E-state index contributed by atoms with van der Waals surface area (Å²) in [5, 5.41) is 15.0. The summed E-state index contributed by atoms with van der Waals surface area (Å²) in [5.74, 6) is -2.34. The van der Waals surface area contributed by atoms with Crippen LogP contribution in [0.2, 0.25) is 0 Å². The summed E-state index contributed by atoms with van der Waals surface area (Å²) < 4.78 is 17.3. The lowest BCUT2D eigenvalue weighted by Crippen LogP contribution is -2.58. The summed E-state index contributed by atoms with van der Waals surface area (Å²) in [6.07, 6.45) is 1.82. The molecule has 10 nitrogen and oxygen atoms in total. The van der Waals surface area contributed by atoms with Crippen molar-refractivity contribution in [1.82, 2.24) is 10.6 Å². The van der Waals surface area contributed by atoms with Gasteiger partial charge >= 0.3 is 17.9 Å². The van der Waals surface area contributed by atoms with E-state index in [1.54, 1.807) is 0 Å². The first-order valence-corrected chi connectivity index (χ1v) is 12.4. The lowest BCUT2D eigenvalue weighted by atomic mass is 9.86. The Morgan fingerprint density at radius 1 is 1.15 bits per heavy atom. The Kier molecular flexibility index (Phi) is 11.2. The fourth-order valence-electron chi connectivity index (χ4n) is 3.51. The Bertz CT molecular complexity index is 702. The third-order valence-electron chi connectivity index (χ3n) is 5.53. The van der Waals surface area contributed by atoms with E-state index in [9.17, 15) is 19.2 Å². The average Bonchev–Trinajstić information content (AvgIpc) is 2.74. The van der Waals surface area contributed by atoms with E-state index in [1.165, 1.54) is 0 Å². The molecule has 188 valence electrons. The summed E-state index contributed by atoms with van der Waals surface area (Å²) in [4.78, 5) is 45.3. The van der Waals surface area contributed by atoms with Gasteiger partial charge in [-0.25, -0.2) is 0 Å². The number of ether oxygens (including phenoxy) is 3. The maximum atomic E-state index is 11.7.